The molecule has 2 fully saturated rings. The number of nitrogens with zero attached hydrogens (tertiary/aromatic N) is 5. The first-order valence-electron chi connectivity index (χ1n) is 11.8. The van der Waals surface area contributed by atoms with Gasteiger partial charge in [-0.15, -0.1) is 0 Å². The minimum Gasteiger partial charge on any atom is -0.381 e. The van der Waals surface area contributed by atoms with Crippen LogP contribution in [0.15, 0.2) is 29.2 Å². The summed E-state index contributed by atoms with van der Waals surface area (Å²) < 4.78 is 87.3. The van der Waals surface area contributed by atoms with Crippen LogP contribution in [0.5, 0.6) is 0 Å². The van der Waals surface area contributed by atoms with Gasteiger partial charge in [-0.2, -0.15) is 36.2 Å². The average Bonchev–Trinajstić information content (AvgIpc) is 2.91. The minimum atomic E-state index is -4.86. The second-order valence-corrected chi connectivity index (χ2v) is 12.8. The zero-order chi connectivity index (χ0) is 28.3. The van der Waals surface area contributed by atoms with Gasteiger partial charge >= 0.3 is 16.8 Å². The van der Waals surface area contributed by atoms with Gasteiger partial charge in [0.2, 0.25) is 0 Å². The second-order valence-electron chi connectivity index (χ2n) is 8.77. The summed E-state index contributed by atoms with van der Waals surface area (Å²) >= 11 is 6.26. The predicted octanol–water partition coefficient (Wildman–Crippen LogP) is 2.08. The summed E-state index contributed by atoms with van der Waals surface area (Å²) in [5.74, 6) is -0.861. The fourth-order valence-corrected chi connectivity index (χ4v) is 7.18. The number of alkyl halides is 2. The normalized spacial score (nSPS) is 21.0. The van der Waals surface area contributed by atoms with E-state index in [0.29, 0.717) is 25.0 Å². The van der Waals surface area contributed by atoms with E-state index in [1.54, 1.807) is 6.07 Å². The molecule has 11 nitrogen and oxygen atoms in total. The molecule has 0 aliphatic carbocycles. The molecule has 1 aromatic carbocycles. The monoisotopic (exact) mass is 608 g/mol. The van der Waals surface area contributed by atoms with Crippen molar-refractivity contribution >= 4 is 44.0 Å². The number of anilines is 2. The summed E-state index contributed by atoms with van der Waals surface area (Å²) in [6.45, 7) is -3.08. The predicted molar refractivity (Wildman–Crippen MR) is 138 cm³/mol. The molecular weight excluding hydrogens is 585 g/mol. The Balaban J connectivity index is 1.45. The van der Waals surface area contributed by atoms with Gasteiger partial charge in [0.15, 0.2) is 0 Å². The number of ether oxygens (including phenoxy) is 1. The zero-order valence-electron chi connectivity index (χ0n) is 20.3. The second kappa shape index (κ2) is 12.2. The molecule has 2 aliphatic heterocycles. The van der Waals surface area contributed by atoms with Crippen molar-refractivity contribution in [1.29, 1.82) is 5.26 Å². The molecule has 1 unspecified atom stereocenters. The molecule has 0 amide bonds. The van der Waals surface area contributed by atoms with Crippen LogP contribution in [0.2, 0.25) is 5.02 Å². The van der Waals surface area contributed by atoms with E-state index in [1.807, 2.05) is 0 Å². The van der Waals surface area contributed by atoms with Crippen LogP contribution in [0.1, 0.15) is 24.4 Å². The molecule has 212 valence electrons. The highest BCUT2D eigenvalue weighted by atomic mass is 35.5. The van der Waals surface area contributed by atoms with E-state index < -0.39 is 50.7 Å². The van der Waals surface area contributed by atoms with Gasteiger partial charge in [-0.05, 0) is 31.0 Å². The lowest BCUT2D eigenvalue weighted by atomic mass is 10.1. The van der Waals surface area contributed by atoms with E-state index >= 15 is 0 Å². The van der Waals surface area contributed by atoms with Crippen LogP contribution in [-0.2, 0) is 25.7 Å². The maximum absolute atomic E-state index is 14.4. The lowest BCUT2D eigenvalue weighted by Gasteiger charge is -2.35. The number of nitriles is 1. The summed E-state index contributed by atoms with van der Waals surface area (Å²) in [6, 6.07) is 3.61. The van der Waals surface area contributed by atoms with Gasteiger partial charge in [-0.25, -0.2) is 9.07 Å². The molecule has 39 heavy (non-hydrogen) atoms. The molecule has 4 rings (SSSR count). The Hall–Kier alpha value is -2.71. The lowest BCUT2D eigenvalue weighted by Crippen LogP contribution is -2.50. The van der Waals surface area contributed by atoms with E-state index in [-0.39, 0.29) is 58.3 Å². The minimum absolute atomic E-state index is 0.0561. The smallest absolute Gasteiger partial charge is 0.329 e. The van der Waals surface area contributed by atoms with Crippen LogP contribution in [0.3, 0.4) is 0 Å². The van der Waals surface area contributed by atoms with Gasteiger partial charge in [0.1, 0.15) is 10.8 Å². The summed E-state index contributed by atoms with van der Waals surface area (Å²) in [6.07, 6.45) is 1.45. The molecular formula is C22H24ClF3N6O5S2. The van der Waals surface area contributed by atoms with Gasteiger partial charge in [0, 0.05) is 36.2 Å². The Bertz CT molecular complexity index is 1450. The van der Waals surface area contributed by atoms with Crippen molar-refractivity contribution < 1.29 is 30.5 Å². The van der Waals surface area contributed by atoms with Crippen molar-refractivity contribution in [1.82, 2.24) is 14.1 Å². The third kappa shape index (κ3) is 6.22. The van der Waals surface area contributed by atoms with Crippen LogP contribution in [0.25, 0.3) is 0 Å². The van der Waals surface area contributed by atoms with Gasteiger partial charge < -0.3 is 10.1 Å². The van der Waals surface area contributed by atoms with Crippen LogP contribution in [0, 0.1) is 17.1 Å². The fraction of sp³-hybridized carbons (Fsp3) is 0.500. The maximum atomic E-state index is 14.4. The van der Waals surface area contributed by atoms with Gasteiger partial charge in [0.25, 0.3) is 5.56 Å². The number of nitrogens with one attached hydrogen (secondary N) is 1. The Morgan fingerprint density at radius 1 is 1.33 bits per heavy atom. The fourth-order valence-electron chi connectivity index (χ4n) is 4.33. The third-order valence-electron chi connectivity index (χ3n) is 6.40. The zero-order valence-corrected chi connectivity index (χ0v) is 22.7. The van der Waals surface area contributed by atoms with Crippen molar-refractivity contribution in [2.75, 3.05) is 48.2 Å². The summed E-state index contributed by atoms with van der Waals surface area (Å²) in [4.78, 5) is 12.9. The van der Waals surface area contributed by atoms with Crippen LogP contribution < -0.4 is 15.2 Å². The highest BCUT2D eigenvalue weighted by Crippen LogP contribution is 2.31. The van der Waals surface area contributed by atoms with Gasteiger partial charge in [-0.1, -0.05) is 11.6 Å². The highest BCUT2D eigenvalue weighted by Gasteiger charge is 2.39. The molecule has 1 aromatic heterocycles. The van der Waals surface area contributed by atoms with Crippen LogP contribution in [0.4, 0.5) is 24.5 Å². The molecule has 0 bridgehead atoms. The van der Waals surface area contributed by atoms with Crippen molar-refractivity contribution in [3.8, 4) is 6.07 Å². The topological polar surface area (TPSA) is 138 Å². The molecule has 2 aromatic rings. The first-order valence-corrected chi connectivity index (χ1v) is 14.9. The molecule has 0 saturated carbocycles. The Labute approximate surface area is 229 Å². The van der Waals surface area contributed by atoms with E-state index in [0.717, 1.165) is 21.1 Å². The van der Waals surface area contributed by atoms with Crippen molar-refractivity contribution in [3.63, 3.8) is 0 Å². The van der Waals surface area contributed by atoms with E-state index in [4.69, 9.17) is 21.6 Å². The Morgan fingerprint density at radius 3 is 2.67 bits per heavy atom. The van der Waals surface area contributed by atoms with Crippen LogP contribution in [-0.4, -0.2) is 77.1 Å². The number of hydrogen-bond acceptors (Lipinski definition) is 8. The molecule has 3 heterocycles. The molecule has 2 atom stereocenters. The SMILES string of the molecule is N#Cc1ccc(N(C(F)F)S(=O)(=O)N2CCC(n3ncc(NC[C@H]4COCCS4=O)c(Cl)c3=O)CC2)c(F)c1. The van der Waals surface area contributed by atoms with Crippen LogP contribution >= 0.6 is 11.6 Å². The largest absolute Gasteiger partial charge is 0.381 e. The van der Waals surface area contributed by atoms with Crippen molar-refractivity contribution in [3.05, 3.63) is 51.2 Å². The number of hydrogen-bond donors (Lipinski definition) is 1. The summed E-state index contributed by atoms with van der Waals surface area (Å²) in [5.41, 5.74) is -1.42. The average molecular weight is 609 g/mol. The molecule has 17 heteroatoms. The number of halogens is 4. The van der Waals surface area contributed by atoms with Crippen molar-refractivity contribution in [2.24, 2.45) is 0 Å². The Kier molecular flexibility index (Phi) is 9.17. The quantitative estimate of drug-likeness (QED) is 0.450. The van der Waals surface area contributed by atoms with E-state index in [9.17, 15) is 30.6 Å². The maximum Gasteiger partial charge on any atom is 0.329 e. The third-order valence-corrected chi connectivity index (χ3v) is 10.3. The molecule has 1 N–H and O–H groups in total. The highest BCUT2D eigenvalue weighted by molar-refractivity contribution is 7.90. The standard InChI is InChI=1S/C22H24ClF3N6O5S2/c23-20-18(28-11-16-13-37-7-8-38(16)34)12-29-31(21(20)33)15-3-5-30(6-4-15)39(35,36)32(22(25)26)19-2-1-14(10-27)9-17(19)24/h1-2,9,12,15-16,22,28H,3-8,11,13H2/t16-,38?/m0/s1. The Morgan fingerprint density at radius 2 is 2.05 bits per heavy atom. The van der Waals surface area contributed by atoms with E-state index in [2.05, 4.69) is 10.4 Å². The lowest BCUT2D eigenvalue weighted by molar-refractivity contribution is 0.142. The van der Waals surface area contributed by atoms with E-state index in [1.165, 1.54) is 6.20 Å². The molecule has 2 aliphatic rings. The first-order chi connectivity index (χ1) is 18.5. The summed E-state index contributed by atoms with van der Waals surface area (Å²) in [7, 11) is -5.93. The number of rotatable bonds is 8. The number of piperidine rings is 1. The molecule has 0 spiro atoms. The first kappa shape index (κ1) is 29.3. The van der Waals surface area contributed by atoms with Crippen molar-refractivity contribution in [2.45, 2.75) is 30.7 Å². The molecule has 2 saturated heterocycles. The number of aromatic nitrogens is 2. The van der Waals surface area contributed by atoms with Gasteiger partial charge in [-0.3, -0.25) is 9.00 Å². The summed E-state index contributed by atoms with van der Waals surface area (Å²) in [5, 5.41) is 15.6. The molecule has 0 radical (unpaired) electrons. The van der Waals surface area contributed by atoms with Gasteiger partial charge in [0.05, 0.1) is 53.7 Å². The number of benzene rings is 1.